The molecular weight excluding hydrogens is 182 g/mol. The fourth-order valence-electron chi connectivity index (χ4n) is 2.17. The maximum absolute atomic E-state index is 6.46. The second-order valence-electron chi connectivity index (χ2n) is 5.34. The normalized spacial score (nSPS) is 26.7. The largest absolute Gasteiger partial charge is 0.322 e. The molecule has 0 radical (unpaired) electrons. The summed E-state index contributed by atoms with van der Waals surface area (Å²) in [6.45, 7) is 11.1. The quantitative estimate of drug-likeness (QED) is 0.687. The Morgan fingerprint density at radius 3 is 2.40 bits per heavy atom. The van der Waals surface area contributed by atoms with Crippen molar-refractivity contribution >= 4 is 0 Å². The minimum absolute atomic E-state index is 0.168. The summed E-state index contributed by atoms with van der Waals surface area (Å²) in [4.78, 5) is 0. The maximum atomic E-state index is 6.46. The van der Waals surface area contributed by atoms with Gasteiger partial charge < -0.3 is 5.73 Å². The molecular formula is C14H25N. The number of nitrogens with two attached hydrogens (primary N) is 1. The molecule has 0 saturated carbocycles. The van der Waals surface area contributed by atoms with E-state index in [1.165, 1.54) is 11.1 Å². The predicted octanol–water partition coefficient (Wildman–Crippen LogP) is 3.66. The lowest BCUT2D eigenvalue weighted by Gasteiger charge is -2.36. The fourth-order valence-corrected chi connectivity index (χ4v) is 2.17. The van der Waals surface area contributed by atoms with Gasteiger partial charge >= 0.3 is 0 Å². The van der Waals surface area contributed by atoms with Crippen LogP contribution in [-0.2, 0) is 0 Å². The van der Waals surface area contributed by atoms with Gasteiger partial charge in [0.2, 0.25) is 0 Å². The van der Waals surface area contributed by atoms with Crippen molar-refractivity contribution in [3.63, 3.8) is 0 Å². The lowest BCUT2D eigenvalue weighted by atomic mass is 9.75. The average molecular weight is 207 g/mol. The second-order valence-corrected chi connectivity index (χ2v) is 5.34. The van der Waals surface area contributed by atoms with E-state index < -0.39 is 0 Å². The van der Waals surface area contributed by atoms with Crippen molar-refractivity contribution in [2.24, 2.45) is 17.6 Å². The van der Waals surface area contributed by atoms with Crippen LogP contribution in [0.15, 0.2) is 23.3 Å². The Labute approximate surface area is 94.4 Å². The molecule has 0 aromatic carbocycles. The number of hydrogen-bond donors (Lipinski definition) is 1. The van der Waals surface area contributed by atoms with Crippen LogP contribution >= 0.6 is 0 Å². The smallest absolute Gasteiger partial charge is 0.0369 e. The molecule has 0 spiro atoms. The van der Waals surface area contributed by atoms with Gasteiger partial charge in [-0.05, 0) is 44.1 Å². The van der Waals surface area contributed by atoms with Gasteiger partial charge in [-0.15, -0.1) is 0 Å². The first-order valence-electron chi connectivity index (χ1n) is 6.03. The second kappa shape index (κ2) is 4.52. The molecule has 0 heterocycles. The monoisotopic (exact) mass is 207 g/mol. The minimum atomic E-state index is -0.168. The van der Waals surface area contributed by atoms with Crippen LogP contribution in [0, 0.1) is 11.8 Å². The van der Waals surface area contributed by atoms with Crippen LogP contribution in [-0.4, -0.2) is 5.54 Å². The molecule has 0 amide bonds. The van der Waals surface area contributed by atoms with Crippen LogP contribution in [0.5, 0.6) is 0 Å². The van der Waals surface area contributed by atoms with E-state index in [1.807, 2.05) is 0 Å². The Balaban J connectivity index is 3.03. The Hall–Kier alpha value is -0.560. The molecule has 86 valence electrons. The third-order valence-corrected chi connectivity index (χ3v) is 3.97. The van der Waals surface area contributed by atoms with Crippen molar-refractivity contribution < 1.29 is 0 Å². The van der Waals surface area contributed by atoms with E-state index in [4.69, 9.17) is 5.73 Å². The number of allylic oxidation sites excluding steroid dienone is 3. The Morgan fingerprint density at radius 2 is 1.87 bits per heavy atom. The van der Waals surface area contributed by atoms with E-state index in [9.17, 15) is 0 Å². The molecule has 1 aliphatic carbocycles. The van der Waals surface area contributed by atoms with Gasteiger partial charge in [-0.25, -0.2) is 0 Å². The first kappa shape index (κ1) is 12.5. The van der Waals surface area contributed by atoms with Crippen LogP contribution in [0.3, 0.4) is 0 Å². The number of hydrogen-bond acceptors (Lipinski definition) is 1. The summed E-state index contributed by atoms with van der Waals surface area (Å²) in [5.41, 5.74) is 9.18. The minimum Gasteiger partial charge on any atom is -0.322 e. The standard InChI is InChI=1S/C14H25N/c1-10(2)14(5,15)13-9-7-6-8-11(3)12(13)4/h8-10,12H,6-7,15H2,1-5H3/t12-,14?/m1/s1. The average Bonchev–Trinajstić information content (AvgIpc) is 2.30. The third kappa shape index (κ3) is 2.52. The van der Waals surface area contributed by atoms with Crippen LogP contribution in [0.2, 0.25) is 0 Å². The molecule has 15 heavy (non-hydrogen) atoms. The van der Waals surface area contributed by atoms with Gasteiger partial charge in [0.05, 0.1) is 0 Å². The SMILES string of the molecule is CC1=CCCC=C(C(C)(N)C(C)C)[C@@H]1C. The maximum Gasteiger partial charge on any atom is 0.0369 e. The van der Waals surface area contributed by atoms with Crippen molar-refractivity contribution in [3.05, 3.63) is 23.3 Å². The third-order valence-electron chi connectivity index (χ3n) is 3.97. The molecule has 0 fully saturated rings. The summed E-state index contributed by atoms with van der Waals surface area (Å²) in [6, 6.07) is 0. The van der Waals surface area contributed by atoms with Crippen LogP contribution in [0.4, 0.5) is 0 Å². The van der Waals surface area contributed by atoms with Gasteiger partial charge in [-0.2, -0.15) is 0 Å². The molecule has 0 aromatic heterocycles. The number of rotatable bonds is 2. The van der Waals surface area contributed by atoms with Crippen molar-refractivity contribution in [1.82, 2.24) is 0 Å². The highest BCUT2D eigenvalue weighted by molar-refractivity contribution is 5.30. The van der Waals surface area contributed by atoms with Crippen molar-refractivity contribution in [2.45, 2.75) is 53.0 Å². The van der Waals surface area contributed by atoms with Crippen LogP contribution < -0.4 is 5.73 Å². The molecule has 1 nitrogen and oxygen atoms in total. The van der Waals surface area contributed by atoms with E-state index in [1.54, 1.807) is 0 Å². The van der Waals surface area contributed by atoms with Crippen molar-refractivity contribution in [1.29, 1.82) is 0 Å². The van der Waals surface area contributed by atoms with Crippen LogP contribution in [0.25, 0.3) is 0 Å². The summed E-state index contributed by atoms with van der Waals surface area (Å²) >= 11 is 0. The Morgan fingerprint density at radius 1 is 1.33 bits per heavy atom. The summed E-state index contributed by atoms with van der Waals surface area (Å²) in [6.07, 6.45) is 7.01. The summed E-state index contributed by atoms with van der Waals surface area (Å²) in [7, 11) is 0. The highest BCUT2D eigenvalue weighted by Crippen LogP contribution is 2.34. The van der Waals surface area contributed by atoms with Gasteiger partial charge in [0.25, 0.3) is 0 Å². The van der Waals surface area contributed by atoms with Crippen molar-refractivity contribution in [2.75, 3.05) is 0 Å². The van der Waals surface area contributed by atoms with Crippen molar-refractivity contribution in [3.8, 4) is 0 Å². The van der Waals surface area contributed by atoms with E-state index in [0.717, 1.165) is 12.8 Å². The van der Waals surface area contributed by atoms with Crippen LogP contribution in [0.1, 0.15) is 47.5 Å². The summed E-state index contributed by atoms with van der Waals surface area (Å²) < 4.78 is 0. The molecule has 0 aromatic rings. The topological polar surface area (TPSA) is 26.0 Å². The predicted molar refractivity (Wildman–Crippen MR) is 67.7 cm³/mol. The van der Waals surface area contributed by atoms with Gasteiger partial charge in [0.15, 0.2) is 0 Å². The zero-order chi connectivity index (χ0) is 11.6. The first-order valence-corrected chi connectivity index (χ1v) is 6.03. The molecule has 0 aliphatic heterocycles. The fraction of sp³-hybridized carbons (Fsp3) is 0.714. The molecule has 0 saturated heterocycles. The van der Waals surface area contributed by atoms with Gasteiger partial charge in [-0.1, -0.05) is 38.5 Å². The summed E-state index contributed by atoms with van der Waals surface area (Å²) in [5.74, 6) is 0.988. The lowest BCUT2D eigenvalue weighted by Crippen LogP contribution is -2.45. The molecule has 2 atom stereocenters. The van der Waals surface area contributed by atoms with E-state index in [-0.39, 0.29) is 5.54 Å². The van der Waals surface area contributed by atoms with Gasteiger partial charge in [-0.3, -0.25) is 0 Å². The molecule has 1 aliphatic rings. The Bertz CT molecular complexity index is 282. The first-order chi connectivity index (χ1) is 6.87. The molecule has 1 unspecified atom stereocenters. The van der Waals surface area contributed by atoms with E-state index >= 15 is 0 Å². The Kier molecular flexibility index (Phi) is 3.77. The highest BCUT2D eigenvalue weighted by atomic mass is 14.7. The lowest BCUT2D eigenvalue weighted by molar-refractivity contribution is 0.372. The zero-order valence-electron chi connectivity index (χ0n) is 10.8. The molecule has 2 N–H and O–H groups in total. The van der Waals surface area contributed by atoms with Gasteiger partial charge in [0, 0.05) is 5.54 Å². The zero-order valence-corrected chi connectivity index (χ0v) is 10.8. The molecule has 1 heteroatoms. The summed E-state index contributed by atoms with van der Waals surface area (Å²) in [5, 5.41) is 0. The van der Waals surface area contributed by atoms with E-state index in [0.29, 0.717) is 11.8 Å². The molecule has 1 rings (SSSR count). The molecule has 0 bridgehead atoms. The van der Waals surface area contributed by atoms with Gasteiger partial charge in [0.1, 0.15) is 0 Å². The highest BCUT2D eigenvalue weighted by Gasteiger charge is 2.31. The van der Waals surface area contributed by atoms with E-state index in [2.05, 4.69) is 46.8 Å².